The van der Waals surface area contributed by atoms with Gasteiger partial charge in [0.05, 0.1) is 11.1 Å². The number of aromatic nitrogens is 3. The predicted octanol–water partition coefficient (Wildman–Crippen LogP) is 2.27. The zero-order valence-electron chi connectivity index (χ0n) is 12.7. The van der Waals surface area contributed by atoms with Crippen LogP contribution in [0.4, 0.5) is 5.82 Å². The van der Waals surface area contributed by atoms with Gasteiger partial charge in [0.2, 0.25) is 0 Å². The fourth-order valence-electron chi connectivity index (χ4n) is 2.11. The van der Waals surface area contributed by atoms with E-state index in [1.807, 2.05) is 0 Å². The number of nitrogens with zero attached hydrogens (tertiary/aromatic N) is 3. The van der Waals surface area contributed by atoms with Gasteiger partial charge in [0.1, 0.15) is 5.82 Å². The summed E-state index contributed by atoms with van der Waals surface area (Å²) in [5.41, 5.74) is 0.451. The number of carbonyl (C=O) groups excluding carboxylic acids is 1. The number of anilines is 1. The average molecular weight is 342 g/mol. The molecule has 3 aromatic rings. The minimum atomic E-state index is -3.81. The number of ketones is 1. The van der Waals surface area contributed by atoms with Crippen LogP contribution in [0.1, 0.15) is 17.3 Å². The third kappa shape index (κ3) is 3.18. The van der Waals surface area contributed by atoms with E-state index in [1.165, 1.54) is 48.1 Å². The standard InChI is InChI=1S/C16H14N4O3S/c1-12(21)13-5-7-14(8-6-13)24(22,23)19-16-9-11-18-20(16)15-4-2-3-10-17-15/h2-11,19H,1H3. The second-order valence-corrected chi connectivity index (χ2v) is 6.68. The summed E-state index contributed by atoms with van der Waals surface area (Å²) in [5, 5.41) is 4.08. The Labute approximate surface area is 139 Å². The van der Waals surface area contributed by atoms with Crippen LogP contribution in [0.3, 0.4) is 0 Å². The van der Waals surface area contributed by atoms with Gasteiger partial charge in [-0.3, -0.25) is 9.52 Å². The second kappa shape index (κ2) is 6.25. The molecule has 1 N–H and O–H groups in total. The lowest BCUT2D eigenvalue weighted by Crippen LogP contribution is -2.16. The minimum Gasteiger partial charge on any atom is -0.295 e. The monoisotopic (exact) mass is 342 g/mol. The number of rotatable bonds is 5. The number of Topliss-reactive ketones (excluding diaryl/α,β-unsaturated/α-hetero) is 1. The van der Waals surface area contributed by atoms with E-state index in [0.717, 1.165) is 0 Å². The summed E-state index contributed by atoms with van der Waals surface area (Å²) in [5.74, 6) is 0.636. The summed E-state index contributed by atoms with van der Waals surface area (Å²) in [6, 6.07) is 12.5. The summed E-state index contributed by atoms with van der Waals surface area (Å²) in [4.78, 5) is 15.5. The summed E-state index contributed by atoms with van der Waals surface area (Å²) in [6.07, 6.45) is 3.07. The summed E-state index contributed by atoms with van der Waals surface area (Å²) in [6.45, 7) is 1.42. The highest BCUT2D eigenvalue weighted by molar-refractivity contribution is 7.92. The molecule has 0 fully saturated rings. The van der Waals surface area contributed by atoms with E-state index in [0.29, 0.717) is 11.4 Å². The topological polar surface area (TPSA) is 94.0 Å². The van der Waals surface area contributed by atoms with Gasteiger partial charge in [-0.2, -0.15) is 9.78 Å². The Morgan fingerprint density at radius 1 is 1.04 bits per heavy atom. The van der Waals surface area contributed by atoms with Crippen LogP contribution in [0.2, 0.25) is 0 Å². The molecule has 1 aromatic carbocycles. The molecule has 7 nitrogen and oxygen atoms in total. The lowest BCUT2D eigenvalue weighted by molar-refractivity contribution is 0.101. The van der Waals surface area contributed by atoms with Crippen molar-refractivity contribution in [2.24, 2.45) is 0 Å². The van der Waals surface area contributed by atoms with E-state index in [2.05, 4.69) is 14.8 Å². The second-order valence-electron chi connectivity index (χ2n) is 5.00. The Morgan fingerprint density at radius 3 is 2.42 bits per heavy atom. The lowest BCUT2D eigenvalue weighted by Gasteiger charge is -2.10. The molecule has 2 heterocycles. The number of sulfonamides is 1. The Hall–Kier alpha value is -3.00. The molecule has 0 aliphatic rings. The maximum Gasteiger partial charge on any atom is 0.263 e. The van der Waals surface area contributed by atoms with Crippen LogP contribution in [0.25, 0.3) is 5.82 Å². The number of hydrogen-bond donors (Lipinski definition) is 1. The third-order valence-electron chi connectivity index (χ3n) is 3.32. The molecule has 8 heteroatoms. The van der Waals surface area contributed by atoms with Crippen LogP contribution in [0, 0.1) is 0 Å². The van der Waals surface area contributed by atoms with E-state index in [-0.39, 0.29) is 16.5 Å². The van der Waals surface area contributed by atoms with Crippen molar-refractivity contribution in [3.05, 3.63) is 66.5 Å². The fourth-order valence-corrected chi connectivity index (χ4v) is 3.15. The number of pyridine rings is 1. The number of carbonyl (C=O) groups is 1. The molecule has 0 atom stereocenters. The number of hydrogen-bond acceptors (Lipinski definition) is 5. The minimum absolute atomic E-state index is 0.0567. The zero-order chi connectivity index (χ0) is 17.2. The normalized spacial score (nSPS) is 11.2. The molecule has 0 aliphatic heterocycles. The first kappa shape index (κ1) is 15.9. The van der Waals surface area contributed by atoms with Crippen molar-refractivity contribution in [2.75, 3.05) is 4.72 Å². The molecule has 122 valence electrons. The molecule has 0 bridgehead atoms. The quantitative estimate of drug-likeness (QED) is 0.718. The number of nitrogens with one attached hydrogen (secondary N) is 1. The van der Waals surface area contributed by atoms with Gasteiger partial charge in [-0.15, -0.1) is 0 Å². The van der Waals surface area contributed by atoms with Crippen molar-refractivity contribution in [1.29, 1.82) is 0 Å². The van der Waals surface area contributed by atoms with Gasteiger partial charge in [-0.1, -0.05) is 18.2 Å². The molecular formula is C16H14N4O3S. The summed E-state index contributed by atoms with van der Waals surface area (Å²) >= 11 is 0. The smallest absolute Gasteiger partial charge is 0.263 e. The van der Waals surface area contributed by atoms with Crippen molar-refractivity contribution in [3.63, 3.8) is 0 Å². The first-order valence-corrected chi connectivity index (χ1v) is 8.55. The third-order valence-corrected chi connectivity index (χ3v) is 4.69. The summed E-state index contributed by atoms with van der Waals surface area (Å²) in [7, 11) is -3.81. The molecule has 0 spiro atoms. The van der Waals surface area contributed by atoms with E-state index < -0.39 is 10.0 Å². The molecule has 0 amide bonds. The maximum absolute atomic E-state index is 12.5. The van der Waals surface area contributed by atoms with Crippen LogP contribution >= 0.6 is 0 Å². The Kier molecular flexibility index (Phi) is 4.13. The molecule has 0 saturated carbocycles. The molecular weight excluding hydrogens is 328 g/mol. The Balaban J connectivity index is 1.91. The predicted molar refractivity (Wildman–Crippen MR) is 88.6 cm³/mol. The molecule has 24 heavy (non-hydrogen) atoms. The summed E-state index contributed by atoms with van der Waals surface area (Å²) < 4.78 is 28.9. The van der Waals surface area contributed by atoms with Crippen molar-refractivity contribution in [3.8, 4) is 5.82 Å². The number of benzene rings is 1. The van der Waals surface area contributed by atoms with E-state index in [9.17, 15) is 13.2 Å². The first-order chi connectivity index (χ1) is 11.5. The van der Waals surface area contributed by atoms with Gasteiger partial charge < -0.3 is 0 Å². The van der Waals surface area contributed by atoms with Gasteiger partial charge >= 0.3 is 0 Å². The largest absolute Gasteiger partial charge is 0.295 e. The highest BCUT2D eigenvalue weighted by atomic mass is 32.2. The van der Waals surface area contributed by atoms with Crippen molar-refractivity contribution in [1.82, 2.24) is 14.8 Å². The average Bonchev–Trinajstić information content (AvgIpc) is 3.03. The van der Waals surface area contributed by atoms with Crippen molar-refractivity contribution in [2.45, 2.75) is 11.8 Å². The van der Waals surface area contributed by atoms with Gasteiger partial charge in [0.15, 0.2) is 11.6 Å². The molecule has 3 rings (SSSR count). The van der Waals surface area contributed by atoms with Crippen LogP contribution in [0.15, 0.2) is 65.8 Å². The van der Waals surface area contributed by atoms with E-state index in [4.69, 9.17) is 0 Å². The van der Waals surface area contributed by atoms with Gasteiger partial charge in [-0.05, 0) is 31.2 Å². The molecule has 0 saturated heterocycles. The zero-order valence-corrected chi connectivity index (χ0v) is 13.6. The molecule has 0 aliphatic carbocycles. The molecule has 2 aromatic heterocycles. The lowest BCUT2D eigenvalue weighted by atomic mass is 10.2. The first-order valence-electron chi connectivity index (χ1n) is 7.06. The molecule has 0 radical (unpaired) electrons. The van der Waals surface area contributed by atoms with E-state index >= 15 is 0 Å². The van der Waals surface area contributed by atoms with Gasteiger partial charge in [-0.25, -0.2) is 13.4 Å². The van der Waals surface area contributed by atoms with Crippen LogP contribution in [-0.4, -0.2) is 29.0 Å². The molecule has 0 unspecified atom stereocenters. The fraction of sp³-hybridized carbons (Fsp3) is 0.0625. The van der Waals surface area contributed by atoms with Crippen molar-refractivity contribution >= 4 is 21.6 Å². The van der Waals surface area contributed by atoms with Crippen LogP contribution in [0.5, 0.6) is 0 Å². The van der Waals surface area contributed by atoms with Gasteiger partial charge in [0.25, 0.3) is 10.0 Å². The highest BCUT2D eigenvalue weighted by Crippen LogP contribution is 2.18. The maximum atomic E-state index is 12.5. The van der Waals surface area contributed by atoms with Crippen LogP contribution in [-0.2, 0) is 10.0 Å². The highest BCUT2D eigenvalue weighted by Gasteiger charge is 2.17. The van der Waals surface area contributed by atoms with Crippen molar-refractivity contribution < 1.29 is 13.2 Å². The Bertz CT molecular complexity index is 964. The van der Waals surface area contributed by atoms with Gasteiger partial charge in [0, 0.05) is 17.8 Å². The van der Waals surface area contributed by atoms with Crippen LogP contribution < -0.4 is 4.72 Å². The van der Waals surface area contributed by atoms with E-state index in [1.54, 1.807) is 24.4 Å². The SMILES string of the molecule is CC(=O)c1ccc(S(=O)(=O)Nc2ccnn2-c2ccccn2)cc1. The Morgan fingerprint density at radius 2 is 1.79 bits per heavy atom.